The molecule has 4 heterocycles. The van der Waals surface area contributed by atoms with Gasteiger partial charge in [0.25, 0.3) is 5.82 Å². The average molecular weight is 343 g/mol. The molecule has 0 amide bonds. The highest BCUT2D eigenvalue weighted by atomic mass is 16.6. The predicted octanol–water partition coefficient (Wildman–Crippen LogP) is 0.185. The zero-order chi connectivity index (χ0) is 17.6. The minimum atomic E-state index is -0.485. The van der Waals surface area contributed by atoms with Crippen LogP contribution in [0.2, 0.25) is 0 Å². The summed E-state index contributed by atoms with van der Waals surface area (Å²) < 4.78 is 2.96. The van der Waals surface area contributed by atoms with E-state index in [2.05, 4.69) is 37.1 Å². The molecule has 11 nitrogen and oxygen atoms in total. The Morgan fingerprint density at radius 2 is 1.88 bits per heavy atom. The first kappa shape index (κ1) is 15.4. The summed E-state index contributed by atoms with van der Waals surface area (Å²) in [4.78, 5) is 23.6. The molecule has 1 aliphatic rings. The minimum Gasteiger partial charge on any atom is -0.366 e. The highest BCUT2D eigenvalue weighted by molar-refractivity contribution is 5.69. The van der Waals surface area contributed by atoms with E-state index in [0.29, 0.717) is 17.2 Å². The molecular formula is C14H17N9O2. The van der Waals surface area contributed by atoms with Gasteiger partial charge in [0.2, 0.25) is 0 Å². The van der Waals surface area contributed by atoms with Gasteiger partial charge in [0.1, 0.15) is 6.20 Å². The lowest BCUT2D eigenvalue weighted by Crippen LogP contribution is -2.44. The first-order valence-corrected chi connectivity index (χ1v) is 7.85. The number of nitro groups is 1. The number of fused-ring (bicyclic) bond motifs is 1. The largest absolute Gasteiger partial charge is 0.366 e. The molecule has 0 unspecified atom stereocenters. The Bertz CT molecular complexity index is 939. The van der Waals surface area contributed by atoms with Crippen LogP contribution in [0.15, 0.2) is 18.6 Å². The monoisotopic (exact) mass is 343 g/mol. The summed E-state index contributed by atoms with van der Waals surface area (Å²) in [6, 6.07) is 0. The summed E-state index contributed by atoms with van der Waals surface area (Å²) in [5.74, 6) is 0.256. The van der Waals surface area contributed by atoms with Gasteiger partial charge in [-0.3, -0.25) is 0 Å². The molecule has 0 bridgehead atoms. The van der Waals surface area contributed by atoms with Gasteiger partial charge in [-0.1, -0.05) is 5.21 Å². The van der Waals surface area contributed by atoms with Gasteiger partial charge in [-0.15, -0.1) is 5.10 Å². The van der Waals surface area contributed by atoms with Gasteiger partial charge in [0.15, 0.2) is 11.3 Å². The first-order chi connectivity index (χ1) is 12.0. The molecule has 1 fully saturated rings. The van der Waals surface area contributed by atoms with Gasteiger partial charge in [0, 0.05) is 26.2 Å². The summed E-state index contributed by atoms with van der Waals surface area (Å²) in [6.45, 7) is 3.85. The van der Waals surface area contributed by atoms with Gasteiger partial charge < -0.3 is 19.9 Å². The molecule has 3 aromatic heterocycles. The van der Waals surface area contributed by atoms with Gasteiger partial charge in [-0.05, 0) is 12.0 Å². The Balaban J connectivity index is 1.70. The summed E-state index contributed by atoms with van der Waals surface area (Å²) >= 11 is 0. The van der Waals surface area contributed by atoms with Crippen LogP contribution in [0.1, 0.15) is 0 Å². The topological polar surface area (TPSA) is 111 Å². The fourth-order valence-corrected chi connectivity index (χ4v) is 2.94. The number of hydrogen-bond acceptors (Lipinski definition) is 8. The second-order valence-corrected chi connectivity index (χ2v) is 6.06. The third kappa shape index (κ3) is 2.58. The molecule has 0 N–H and O–H groups in total. The molecule has 0 radical (unpaired) electrons. The van der Waals surface area contributed by atoms with Crippen LogP contribution in [0.5, 0.6) is 0 Å². The summed E-state index contributed by atoms with van der Waals surface area (Å²) in [7, 11) is 3.68. The van der Waals surface area contributed by atoms with E-state index < -0.39 is 4.92 Å². The van der Waals surface area contributed by atoms with Gasteiger partial charge >= 0.3 is 5.82 Å². The van der Waals surface area contributed by atoms with E-state index in [0.717, 1.165) is 31.9 Å². The molecule has 11 heteroatoms. The number of hydrogen-bond donors (Lipinski definition) is 0. The van der Waals surface area contributed by atoms with Crippen molar-refractivity contribution in [3.05, 3.63) is 28.7 Å². The molecule has 130 valence electrons. The van der Waals surface area contributed by atoms with Crippen molar-refractivity contribution >= 4 is 17.2 Å². The molecular weight excluding hydrogens is 326 g/mol. The molecule has 0 atom stereocenters. The number of likely N-dealkylation sites (N-methyl/N-ethyl adjacent to an activating group) is 1. The second kappa shape index (κ2) is 5.77. The number of nitrogens with zero attached hydrogens (tertiary/aromatic N) is 9. The fourth-order valence-electron chi connectivity index (χ4n) is 2.94. The Kier molecular flexibility index (Phi) is 3.57. The van der Waals surface area contributed by atoms with E-state index in [-0.39, 0.29) is 5.82 Å². The Labute approximate surface area is 142 Å². The summed E-state index contributed by atoms with van der Waals surface area (Å²) in [6.07, 6.45) is 4.87. The first-order valence-electron chi connectivity index (χ1n) is 7.85. The Morgan fingerprint density at radius 1 is 1.12 bits per heavy atom. The van der Waals surface area contributed by atoms with Gasteiger partial charge in [0.05, 0.1) is 25.1 Å². The highest BCUT2D eigenvalue weighted by Crippen LogP contribution is 2.24. The molecule has 4 rings (SSSR count). The number of aromatic nitrogens is 6. The van der Waals surface area contributed by atoms with E-state index >= 15 is 0 Å². The Morgan fingerprint density at radius 3 is 2.56 bits per heavy atom. The third-order valence-electron chi connectivity index (χ3n) is 4.47. The smallest absolute Gasteiger partial charge is 0.342 e. The maximum atomic E-state index is 11.0. The van der Waals surface area contributed by atoms with Crippen LogP contribution in [-0.2, 0) is 7.05 Å². The van der Waals surface area contributed by atoms with Crippen LogP contribution in [0.4, 0.5) is 11.5 Å². The highest BCUT2D eigenvalue weighted by Gasteiger charge is 2.24. The van der Waals surface area contributed by atoms with E-state index in [9.17, 15) is 10.1 Å². The van der Waals surface area contributed by atoms with Crippen molar-refractivity contribution in [2.75, 3.05) is 38.1 Å². The zero-order valence-corrected chi connectivity index (χ0v) is 13.9. The summed E-state index contributed by atoms with van der Waals surface area (Å²) in [5.41, 5.74) is 1.91. The molecule has 0 saturated carbocycles. The molecule has 0 aromatic carbocycles. The van der Waals surface area contributed by atoms with E-state index in [1.54, 1.807) is 17.8 Å². The maximum absolute atomic E-state index is 11.0. The zero-order valence-electron chi connectivity index (χ0n) is 13.9. The normalized spacial score (nSPS) is 15.8. The van der Waals surface area contributed by atoms with Crippen LogP contribution in [0.3, 0.4) is 0 Å². The number of rotatable bonds is 3. The molecule has 25 heavy (non-hydrogen) atoms. The van der Waals surface area contributed by atoms with Crippen molar-refractivity contribution in [2.45, 2.75) is 0 Å². The lowest BCUT2D eigenvalue weighted by molar-refractivity contribution is -0.391. The minimum absolute atomic E-state index is 0.106. The molecule has 3 aromatic rings. The van der Waals surface area contributed by atoms with Crippen LogP contribution < -0.4 is 4.90 Å². The summed E-state index contributed by atoms with van der Waals surface area (Å²) in [5, 5.41) is 19.2. The van der Waals surface area contributed by atoms with Crippen molar-refractivity contribution in [3.8, 4) is 11.5 Å². The maximum Gasteiger partial charge on any atom is 0.342 e. The lowest BCUT2D eigenvalue weighted by Gasteiger charge is -2.33. The molecule has 1 aliphatic heterocycles. The molecule has 1 saturated heterocycles. The fraction of sp³-hybridized carbons (Fsp3) is 0.429. The van der Waals surface area contributed by atoms with Crippen molar-refractivity contribution in [3.63, 3.8) is 0 Å². The van der Waals surface area contributed by atoms with Gasteiger partial charge in [-0.2, -0.15) is 4.52 Å². The van der Waals surface area contributed by atoms with E-state index in [4.69, 9.17) is 0 Å². The number of anilines is 1. The SMILES string of the molecule is CN1CCN(c2cnc3c(-c4ncc([N+](=O)[O-])n4C)nnn3c2)CC1. The molecule has 0 aliphatic carbocycles. The van der Waals surface area contributed by atoms with E-state index in [1.165, 1.54) is 10.8 Å². The Hall–Kier alpha value is -3.08. The van der Waals surface area contributed by atoms with Crippen molar-refractivity contribution < 1.29 is 4.92 Å². The van der Waals surface area contributed by atoms with Gasteiger partial charge in [-0.25, -0.2) is 14.5 Å². The number of imidazole rings is 1. The van der Waals surface area contributed by atoms with Crippen LogP contribution >= 0.6 is 0 Å². The van der Waals surface area contributed by atoms with Crippen LogP contribution in [0.25, 0.3) is 17.2 Å². The van der Waals surface area contributed by atoms with Crippen molar-refractivity contribution in [1.29, 1.82) is 0 Å². The second-order valence-electron chi connectivity index (χ2n) is 6.06. The lowest BCUT2D eigenvalue weighted by atomic mass is 10.3. The van der Waals surface area contributed by atoms with Crippen molar-refractivity contribution in [2.24, 2.45) is 7.05 Å². The molecule has 0 spiro atoms. The predicted molar refractivity (Wildman–Crippen MR) is 89.3 cm³/mol. The van der Waals surface area contributed by atoms with Crippen LogP contribution in [0, 0.1) is 10.1 Å². The van der Waals surface area contributed by atoms with Crippen molar-refractivity contribution in [1.82, 2.24) is 34.3 Å². The third-order valence-corrected chi connectivity index (χ3v) is 4.47. The average Bonchev–Trinajstić information content (AvgIpc) is 3.18. The number of piperazine rings is 1. The van der Waals surface area contributed by atoms with E-state index in [1.807, 2.05) is 6.20 Å². The quantitative estimate of drug-likeness (QED) is 0.489. The van der Waals surface area contributed by atoms with Crippen LogP contribution in [-0.4, -0.2) is 72.4 Å². The standard InChI is InChI=1S/C14H17N9O2/c1-19-3-5-21(6-4-19)10-7-15-14-12(17-18-22(14)9-10)13-16-8-11(20(13)2)23(24)25/h7-9H,3-6H2,1-2H3.